The van der Waals surface area contributed by atoms with Crippen LogP contribution in [-0.2, 0) is 9.59 Å². The number of benzene rings is 3. The number of para-hydroxylation sites is 1. The smallest absolute Gasteiger partial charge is 0.316 e. The Balaban J connectivity index is 1.31. The second-order valence-electron chi connectivity index (χ2n) is 8.10. The predicted molar refractivity (Wildman–Crippen MR) is 121 cm³/mol. The highest BCUT2D eigenvalue weighted by Crippen LogP contribution is 2.33. The van der Waals surface area contributed by atoms with Gasteiger partial charge in [-0.1, -0.05) is 30.3 Å². The number of rotatable bonds is 4. The van der Waals surface area contributed by atoms with Gasteiger partial charge in [-0.2, -0.15) is 0 Å². The Kier molecular flexibility index (Phi) is 5.01. The molecular weight excluding hydrogens is 420 g/mol. The molecule has 3 aromatic rings. The molecule has 33 heavy (non-hydrogen) atoms. The molecule has 3 amide bonds. The predicted octanol–water partition coefficient (Wildman–Crippen LogP) is 3.75. The molecule has 0 aromatic heterocycles. The van der Waals surface area contributed by atoms with Crippen LogP contribution < -0.4 is 14.5 Å². The van der Waals surface area contributed by atoms with Crippen LogP contribution in [0.4, 0.5) is 11.4 Å². The number of imide groups is 1. The van der Waals surface area contributed by atoms with Gasteiger partial charge < -0.3 is 9.64 Å². The summed E-state index contributed by atoms with van der Waals surface area (Å²) in [5.74, 6) is -1.66. The first-order valence-electron chi connectivity index (χ1n) is 10.6. The lowest BCUT2D eigenvalue weighted by Gasteiger charge is -2.18. The summed E-state index contributed by atoms with van der Waals surface area (Å²) in [6.07, 6.45) is 0.0832. The molecule has 0 saturated carbocycles. The summed E-state index contributed by atoms with van der Waals surface area (Å²) in [4.78, 5) is 53.4. The van der Waals surface area contributed by atoms with Crippen LogP contribution in [0.25, 0.3) is 0 Å². The van der Waals surface area contributed by atoms with Gasteiger partial charge in [0.2, 0.25) is 5.91 Å². The van der Waals surface area contributed by atoms with Gasteiger partial charge in [-0.25, -0.2) is 4.90 Å². The van der Waals surface area contributed by atoms with Gasteiger partial charge >= 0.3 is 5.97 Å². The van der Waals surface area contributed by atoms with E-state index in [0.717, 1.165) is 10.6 Å². The van der Waals surface area contributed by atoms with Crippen molar-refractivity contribution < 1.29 is 23.9 Å². The maximum absolute atomic E-state index is 12.8. The molecule has 1 fully saturated rings. The van der Waals surface area contributed by atoms with E-state index < -0.39 is 11.9 Å². The van der Waals surface area contributed by atoms with E-state index in [2.05, 4.69) is 0 Å². The monoisotopic (exact) mass is 440 g/mol. The summed E-state index contributed by atoms with van der Waals surface area (Å²) in [5, 5.41) is 0. The number of hydrogen-bond donors (Lipinski definition) is 0. The molecule has 3 aromatic carbocycles. The van der Waals surface area contributed by atoms with E-state index in [9.17, 15) is 19.2 Å². The van der Waals surface area contributed by atoms with Gasteiger partial charge in [0.15, 0.2) is 0 Å². The number of carbonyl (C=O) groups excluding carboxylic acids is 4. The van der Waals surface area contributed by atoms with E-state index in [1.807, 2.05) is 30.3 Å². The van der Waals surface area contributed by atoms with E-state index in [-0.39, 0.29) is 30.7 Å². The Hall–Kier alpha value is -4.26. The SMILES string of the molecule is Cc1cc(OC(=O)[C@@H]2CC(=O)N(c3ccccc3)C2)ccc1N1C(=O)c2ccccc2C1=O. The third-order valence-corrected chi connectivity index (χ3v) is 5.95. The Bertz CT molecular complexity index is 1270. The lowest BCUT2D eigenvalue weighted by molar-refractivity contribution is -0.139. The number of nitrogens with zero attached hydrogens (tertiary/aromatic N) is 2. The minimum atomic E-state index is -0.575. The lowest BCUT2D eigenvalue weighted by Crippen LogP contribution is -2.30. The standard InChI is InChI=1S/C26H20N2O5/c1-16-13-19(11-12-22(16)28-24(30)20-9-5-6-10-21(20)25(28)31)33-26(32)17-14-23(29)27(15-17)18-7-3-2-4-8-18/h2-13,17H,14-15H2,1H3/t17-/m1/s1. The van der Waals surface area contributed by atoms with Crippen LogP contribution in [0, 0.1) is 12.8 Å². The molecule has 0 unspecified atom stereocenters. The Morgan fingerprint density at radius 1 is 0.879 bits per heavy atom. The highest BCUT2D eigenvalue weighted by Gasteiger charge is 2.38. The molecule has 2 heterocycles. The van der Waals surface area contributed by atoms with Crippen LogP contribution in [0.15, 0.2) is 72.8 Å². The fourth-order valence-electron chi connectivity index (χ4n) is 4.27. The molecule has 164 valence electrons. The van der Waals surface area contributed by atoms with Crippen LogP contribution in [0.2, 0.25) is 0 Å². The molecule has 7 nitrogen and oxygen atoms in total. The molecule has 1 saturated heterocycles. The zero-order valence-electron chi connectivity index (χ0n) is 17.9. The van der Waals surface area contributed by atoms with Gasteiger partial charge in [0.1, 0.15) is 5.75 Å². The van der Waals surface area contributed by atoms with E-state index in [1.54, 1.807) is 54.3 Å². The van der Waals surface area contributed by atoms with E-state index in [0.29, 0.717) is 28.1 Å². The molecule has 0 spiro atoms. The first kappa shape index (κ1) is 20.6. The van der Waals surface area contributed by atoms with Gasteiger partial charge in [0.05, 0.1) is 22.7 Å². The fraction of sp³-hybridized carbons (Fsp3) is 0.154. The summed E-state index contributed by atoms with van der Waals surface area (Å²) in [6.45, 7) is 2.00. The second kappa shape index (κ2) is 8.02. The topological polar surface area (TPSA) is 84.0 Å². The normalized spacial score (nSPS) is 17.5. The van der Waals surface area contributed by atoms with Gasteiger partial charge in [-0.15, -0.1) is 0 Å². The van der Waals surface area contributed by atoms with Crippen molar-refractivity contribution in [1.82, 2.24) is 0 Å². The summed E-state index contributed by atoms with van der Waals surface area (Å²) in [5.41, 5.74) is 2.53. The molecule has 5 rings (SSSR count). The molecule has 1 atom stereocenters. The minimum Gasteiger partial charge on any atom is -0.426 e. The van der Waals surface area contributed by atoms with Crippen molar-refractivity contribution in [2.75, 3.05) is 16.3 Å². The molecule has 2 aliphatic rings. The average molecular weight is 440 g/mol. The van der Waals surface area contributed by atoms with Gasteiger partial charge in [0, 0.05) is 18.7 Å². The van der Waals surface area contributed by atoms with Crippen molar-refractivity contribution in [3.8, 4) is 5.75 Å². The van der Waals surface area contributed by atoms with Gasteiger partial charge in [-0.05, 0) is 55.0 Å². The zero-order chi connectivity index (χ0) is 23.1. The zero-order valence-corrected chi connectivity index (χ0v) is 17.9. The molecule has 7 heteroatoms. The molecular formula is C26H20N2O5. The number of amides is 3. The Labute approximate surface area is 190 Å². The number of fused-ring (bicyclic) bond motifs is 1. The third-order valence-electron chi connectivity index (χ3n) is 5.95. The van der Waals surface area contributed by atoms with Crippen LogP contribution in [0.5, 0.6) is 5.75 Å². The average Bonchev–Trinajstić information content (AvgIpc) is 3.33. The maximum Gasteiger partial charge on any atom is 0.316 e. The second-order valence-corrected chi connectivity index (χ2v) is 8.10. The van der Waals surface area contributed by atoms with Crippen molar-refractivity contribution in [3.05, 3.63) is 89.5 Å². The van der Waals surface area contributed by atoms with Crippen LogP contribution in [0.1, 0.15) is 32.7 Å². The number of esters is 1. The highest BCUT2D eigenvalue weighted by atomic mass is 16.5. The highest BCUT2D eigenvalue weighted by molar-refractivity contribution is 6.34. The Morgan fingerprint density at radius 3 is 2.15 bits per heavy atom. The largest absolute Gasteiger partial charge is 0.426 e. The van der Waals surface area contributed by atoms with E-state index in [4.69, 9.17) is 4.74 Å². The number of anilines is 2. The van der Waals surface area contributed by atoms with Gasteiger partial charge in [-0.3, -0.25) is 19.2 Å². The maximum atomic E-state index is 12.8. The van der Waals surface area contributed by atoms with E-state index >= 15 is 0 Å². The molecule has 0 aliphatic carbocycles. The Morgan fingerprint density at radius 2 is 1.52 bits per heavy atom. The fourth-order valence-corrected chi connectivity index (χ4v) is 4.27. The van der Waals surface area contributed by atoms with Crippen molar-refractivity contribution in [2.24, 2.45) is 5.92 Å². The molecule has 0 radical (unpaired) electrons. The number of ether oxygens (including phenoxy) is 1. The van der Waals surface area contributed by atoms with Gasteiger partial charge in [0.25, 0.3) is 11.8 Å². The summed E-state index contributed by atoms with van der Waals surface area (Å²) >= 11 is 0. The summed E-state index contributed by atoms with van der Waals surface area (Å²) in [7, 11) is 0. The van der Waals surface area contributed by atoms with E-state index in [1.165, 1.54) is 0 Å². The van der Waals surface area contributed by atoms with Crippen LogP contribution in [-0.4, -0.2) is 30.2 Å². The number of carbonyl (C=O) groups is 4. The van der Waals surface area contributed by atoms with Crippen molar-refractivity contribution in [3.63, 3.8) is 0 Å². The van der Waals surface area contributed by atoms with Crippen molar-refractivity contribution in [2.45, 2.75) is 13.3 Å². The van der Waals surface area contributed by atoms with Crippen molar-refractivity contribution in [1.29, 1.82) is 0 Å². The third kappa shape index (κ3) is 3.57. The van der Waals surface area contributed by atoms with Crippen LogP contribution >= 0.6 is 0 Å². The molecule has 0 N–H and O–H groups in total. The number of aryl methyl sites for hydroxylation is 1. The first-order chi connectivity index (χ1) is 15.9. The van der Waals surface area contributed by atoms with Crippen LogP contribution in [0.3, 0.4) is 0 Å². The summed E-state index contributed by atoms with van der Waals surface area (Å²) in [6, 6.07) is 20.6. The minimum absolute atomic E-state index is 0.0832. The van der Waals surface area contributed by atoms with Crippen molar-refractivity contribution >= 4 is 35.1 Å². The quantitative estimate of drug-likeness (QED) is 0.351. The molecule has 0 bridgehead atoms. The lowest BCUT2D eigenvalue weighted by atomic mass is 10.1. The summed E-state index contributed by atoms with van der Waals surface area (Å²) < 4.78 is 5.54. The molecule has 2 aliphatic heterocycles. The first-order valence-corrected chi connectivity index (χ1v) is 10.6. The number of hydrogen-bond acceptors (Lipinski definition) is 5.